The van der Waals surface area contributed by atoms with Crippen LogP contribution in [0.3, 0.4) is 0 Å². The second-order valence-electron chi connectivity index (χ2n) is 6.62. The fourth-order valence-corrected chi connectivity index (χ4v) is 3.30. The Kier molecular flexibility index (Phi) is 6.23. The molecule has 0 radical (unpaired) electrons. The lowest BCUT2D eigenvalue weighted by molar-refractivity contribution is -0.130. The van der Waals surface area contributed by atoms with Crippen LogP contribution in [0.2, 0.25) is 0 Å². The molecule has 24 heavy (non-hydrogen) atoms. The molecule has 2 unspecified atom stereocenters. The largest absolute Gasteiger partial charge is 0.339 e. The second-order valence-corrected chi connectivity index (χ2v) is 6.62. The third-order valence-electron chi connectivity index (χ3n) is 4.65. The summed E-state index contributed by atoms with van der Waals surface area (Å²) < 4.78 is 1.86. The maximum Gasteiger partial charge on any atom is 0.272 e. The highest BCUT2D eigenvalue weighted by molar-refractivity contribution is 5.96. The van der Waals surface area contributed by atoms with E-state index in [0.717, 1.165) is 25.9 Å². The number of amides is 2. The minimum absolute atomic E-state index is 0. The Hall–Kier alpha value is -1.60. The van der Waals surface area contributed by atoms with Gasteiger partial charge in [0, 0.05) is 25.3 Å². The van der Waals surface area contributed by atoms with Crippen molar-refractivity contribution in [3.63, 3.8) is 0 Å². The summed E-state index contributed by atoms with van der Waals surface area (Å²) in [5.74, 6) is -0.263. The predicted molar refractivity (Wildman–Crippen MR) is 93.3 cm³/mol. The van der Waals surface area contributed by atoms with E-state index in [2.05, 4.69) is 15.7 Å². The van der Waals surface area contributed by atoms with Crippen LogP contribution in [0.1, 0.15) is 49.6 Å². The summed E-state index contributed by atoms with van der Waals surface area (Å²) in [4.78, 5) is 26.4. The van der Waals surface area contributed by atoms with Gasteiger partial charge in [-0.2, -0.15) is 5.10 Å². The van der Waals surface area contributed by atoms with Gasteiger partial charge in [-0.05, 0) is 45.7 Å². The maximum atomic E-state index is 12.3. The van der Waals surface area contributed by atoms with E-state index in [0.29, 0.717) is 24.7 Å². The Labute approximate surface area is 148 Å². The van der Waals surface area contributed by atoms with E-state index >= 15 is 0 Å². The van der Waals surface area contributed by atoms with Gasteiger partial charge in [0.2, 0.25) is 5.91 Å². The topological polar surface area (TPSA) is 79.3 Å². The number of likely N-dealkylation sites (tertiary alicyclic amines) is 1. The van der Waals surface area contributed by atoms with Crippen molar-refractivity contribution in [3.8, 4) is 0 Å². The van der Waals surface area contributed by atoms with E-state index < -0.39 is 6.04 Å². The zero-order valence-electron chi connectivity index (χ0n) is 14.2. The highest BCUT2D eigenvalue weighted by Gasteiger charge is 2.34. The molecule has 2 aliphatic heterocycles. The highest BCUT2D eigenvalue weighted by atomic mass is 35.5. The van der Waals surface area contributed by atoms with E-state index in [1.54, 1.807) is 11.0 Å². The quantitative estimate of drug-likeness (QED) is 0.843. The monoisotopic (exact) mass is 355 g/mol. The zero-order valence-corrected chi connectivity index (χ0v) is 15.0. The number of carbonyl (C=O) groups is 2. The fraction of sp³-hybridized carbons (Fsp3) is 0.688. The Morgan fingerprint density at radius 1 is 1.42 bits per heavy atom. The van der Waals surface area contributed by atoms with Gasteiger partial charge < -0.3 is 15.5 Å². The van der Waals surface area contributed by atoms with Crippen molar-refractivity contribution in [1.82, 2.24) is 25.3 Å². The minimum Gasteiger partial charge on any atom is -0.339 e. The predicted octanol–water partition coefficient (Wildman–Crippen LogP) is 0.968. The molecular formula is C16H26ClN5O2. The SMILES string of the molecule is CC(C)N1CCC(NC(=O)c2ccn(C3CCCNC3)n2)C1=O.Cl. The number of carbonyl (C=O) groups excluding carboxylic acids is 2. The average molecular weight is 356 g/mol. The summed E-state index contributed by atoms with van der Waals surface area (Å²) in [5, 5.41) is 10.6. The normalized spacial score (nSPS) is 24.1. The fourth-order valence-electron chi connectivity index (χ4n) is 3.30. The molecule has 7 nitrogen and oxygen atoms in total. The lowest BCUT2D eigenvalue weighted by Crippen LogP contribution is -2.43. The van der Waals surface area contributed by atoms with Crippen LogP contribution in [0, 0.1) is 0 Å². The van der Waals surface area contributed by atoms with Crippen LogP contribution >= 0.6 is 12.4 Å². The van der Waals surface area contributed by atoms with Gasteiger partial charge in [-0.25, -0.2) is 0 Å². The molecule has 0 spiro atoms. The molecule has 1 aromatic rings. The van der Waals surface area contributed by atoms with Crippen LogP contribution < -0.4 is 10.6 Å². The minimum atomic E-state index is -0.425. The number of aromatic nitrogens is 2. The van der Waals surface area contributed by atoms with Crippen molar-refractivity contribution >= 4 is 24.2 Å². The molecule has 0 bridgehead atoms. The first kappa shape index (κ1) is 18.7. The summed E-state index contributed by atoms with van der Waals surface area (Å²) in [6.45, 7) is 6.60. The van der Waals surface area contributed by atoms with Gasteiger partial charge in [-0.3, -0.25) is 14.3 Å². The first-order valence-corrected chi connectivity index (χ1v) is 8.43. The smallest absolute Gasteiger partial charge is 0.272 e. The molecule has 2 amide bonds. The van der Waals surface area contributed by atoms with Gasteiger partial charge in [-0.15, -0.1) is 12.4 Å². The average Bonchev–Trinajstić information content (AvgIpc) is 3.16. The lowest BCUT2D eigenvalue weighted by atomic mass is 10.1. The van der Waals surface area contributed by atoms with Gasteiger partial charge in [0.1, 0.15) is 11.7 Å². The van der Waals surface area contributed by atoms with Crippen molar-refractivity contribution in [2.24, 2.45) is 0 Å². The Balaban J connectivity index is 0.00000208. The third kappa shape index (κ3) is 3.89. The van der Waals surface area contributed by atoms with Crippen molar-refractivity contribution < 1.29 is 9.59 Å². The van der Waals surface area contributed by atoms with Crippen molar-refractivity contribution in [3.05, 3.63) is 18.0 Å². The Morgan fingerprint density at radius 2 is 2.21 bits per heavy atom. The third-order valence-corrected chi connectivity index (χ3v) is 4.65. The number of hydrogen-bond donors (Lipinski definition) is 2. The van der Waals surface area contributed by atoms with Crippen LogP contribution in [0.4, 0.5) is 0 Å². The number of nitrogens with one attached hydrogen (secondary N) is 2. The number of nitrogens with zero attached hydrogens (tertiary/aromatic N) is 3. The molecule has 0 aliphatic carbocycles. The Morgan fingerprint density at radius 3 is 2.83 bits per heavy atom. The molecule has 2 saturated heterocycles. The number of halogens is 1. The van der Waals surface area contributed by atoms with E-state index in [9.17, 15) is 9.59 Å². The van der Waals surface area contributed by atoms with E-state index in [4.69, 9.17) is 0 Å². The summed E-state index contributed by atoms with van der Waals surface area (Å²) in [7, 11) is 0. The second kappa shape index (κ2) is 7.98. The summed E-state index contributed by atoms with van der Waals surface area (Å²) >= 11 is 0. The van der Waals surface area contributed by atoms with Crippen LogP contribution in [-0.2, 0) is 4.79 Å². The molecule has 2 aliphatic rings. The van der Waals surface area contributed by atoms with E-state index in [-0.39, 0.29) is 30.3 Å². The molecule has 134 valence electrons. The number of rotatable bonds is 4. The van der Waals surface area contributed by atoms with Crippen LogP contribution in [-0.4, -0.2) is 58.2 Å². The Bertz CT molecular complexity index is 583. The van der Waals surface area contributed by atoms with Crippen molar-refractivity contribution in [1.29, 1.82) is 0 Å². The molecule has 3 heterocycles. The van der Waals surface area contributed by atoms with Crippen molar-refractivity contribution in [2.45, 2.75) is 51.2 Å². The lowest BCUT2D eigenvalue weighted by Gasteiger charge is -2.23. The first-order chi connectivity index (χ1) is 11.1. The van der Waals surface area contributed by atoms with E-state index in [1.807, 2.05) is 24.7 Å². The molecular weight excluding hydrogens is 330 g/mol. The summed E-state index contributed by atoms with van der Waals surface area (Å²) in [5.41, 5.74) is 0.381. The van der Waals surface area contributed by atoms with Gasteiger partial charge in [-0.1, -0.05) is 0 Å². The molecule has 3 rings (SSSR count). The molecule has 2 N–H and O–H groups in total. The van der Waals surface area contributed by atoms with Gasteiger partial charge in [0.25, 0.3) is 5.91 Å². The molecule has 8 heteroatoms. The molecule has 2 fully saturated rings. The first-order valence-electron chi connectivity index (χ1n) is 8.43. The molecule has 2 atom stereocenters. The van der Waals surface area contributed by atoms with Gasteiger partial charge in [0.15, 0.2) is 0 Å². The number of piperidine rings is 1. The van der Waals surface area contributed by atoms with Gasteiger partial charge >= 0.3 is 0 Å². The highest BCUT2D eigenvalue weighted by Crippen LogP contribution is 2.17. The van der Waals surface area contributed by atoms with Crippen LogP contribution in [0.25, 0.3) is 0 Å². The molecule has 1 aromatic heterocycles. The standard InChI is InChI=1S/C16H25N5O2.ClH/c1-11(2)20-8-5-14(16(20)23)18-15(22)13-6-9-21(19-13)12-4-3-7-17-10-12;/h6,9,11-12,14,17H,3-5,7-8,10H2,1-2H3,(H,18,22);1H. The maximum absolute atomic E-state index is 12.3. The van der Waals surface area contributed by atoms with Crippen LogP contribution in [0.15, 0.2) is 12.3 Å². The van der Waals surface area contributed by atoms with E-state index in [1.165, 1.54) is 0 Å². The number of hydrogen-bond acceptors (Lipinski definition) is 4. The molecule has 0 saturated carbocycles. The zero-order chi connectivity index (χ0) is 16.4. The summed E-state index contributed by atoms with van der Waals surface area (Å²) in [6, 6.07) is 1.77. The van der Waals surface area contributed by atoms with Gasteiger partial charge in [0.05, 0.1) is 6.04 Å². The molecule has 0 aromatic carbocycles. The van der Waals surface area contributed by atoms with Crippen LogP contribution in [0.5, 0.6) is 0 Å². The van der Waals surface area contributed by atoms with Crippen molar-refractivity contribution in [2.75, 3.05) is 19.6 Å². The summed E-state index contributed by atoms with van der Waals surface area (Å²) in [6.07, 6.45) is 4.70.